The SMILES string of the molecule is CC1CCc2c(sc3nc(SCC(=O)NC4CCCC4)n(CC4CCCO4)c(=O)c23)C1. The Morgan fingerprint density at radius 3 is 2.87 bits per heavy atom. The van der Waals surface area contributed by atoms with Gasteiger partial charge in [-0.3, -0.25) is 14.2 Å². The molecule has 31 heavy (non-hydrogen) atoms. The van der Waals surface area contributed by atoms with Gasteiger partial charge in [0.2, 0.25) is 5.91 Å². The average molecular weight is 462 g/mol. The first kappa shape index (κ1) is 21.5. The van der Waals surface area contributed by atoms with Gasteiger partial charge in [0.15, 0.2) is 5.16 Å². The molecule has 1 saturated carbocycles. The number of rotatable bonds is 6. The number of nitrogens with one attached hydrogen (secondary N) is 1. The third kappa shape index (κ3) is 4.57. The standard InChI is InChI=1S/C23H31N3O3S2/c1-14-8-9-17-18(11-14)31-21-20(17)22(28)26(12-16-7-4-10-29-16)23(25-21)30-13-19(27)24-15-5-2-3-6-15/h14-16H,2-13H2,1H3,(H,24,27). The number of aromatic nitrogens is 2. The lowest BCUT2D eigenvalue weighted by Gasteiger charge is -2.18. The topological polar surface area (TPSA) is 73.2 Å². The quantitative estimate of drug-likeness (QED) is 0.522. The van der Waals surface area contributed by atoms with Gasteiger partial charge in [-0.2, -0.15) is 0 Å². The van der Waals surface area contributed by atoms with Gasteiger partial charge >= 0.3 is 0 Å². The van der Waals surface area contributed by atoms with Gasteiger partial charge < -0.3 is 10.1 Å². The van der Waals surface area contributed by atoms with Crippen LogP contribution in [0.25, 0.3) is 10.2 Å². The summed E-state index contributed by atoms with van der Waals surface area (Å²) >= 11 is 3.06. The van der Waals surface area contributed by atoms with Crippen LogP contribution >= 0.6 is 23.1 Å². The molecular formula is C23H31N3O3S2. The lowest BCUT2D eigenvalue weighted by molar-refractivity contribution is -0.119. The minimum Gasteiger partial charge on any atom is -0.376 e. The predicted molar refractivity (Wildman–Crippen MR) is 125 cm³/mol. The molecule has 0 bridgehead atoms. The molecule has 5 rings (SSSR count). The van der Waals surface area contributed by atoms with Crippen molar-refractivity contribution in [2.24, 2.45) is 5.92 Å². The second-order valence-corrected chi connectivity index (χ2v) is 11.3. The van der Waals surface area contributed by atoms with Gasteiger partial charge in [0, 0.05) is 17.5 Å². The molecule has 1 saturated heterocycles. The van der Waals surface area contributed by atoms with E-state index in [9.17, 15) is 9.59 Å². The number of aryl methyl sites for hydroxylation is 1. The van der Waals surface area contributed by atoms with Crippen LogP contribution in [0.1, 0.15) is 62.3 Å². The number of carbonyl (C=O) groups excluding carboxylic acids is 1. The van der Waals surface area contributed by atoms with E-state index >= 15 is 0 Å². The minimum absolute atomic E-state index is 0.0363. The summed E-state index contributed by atoms with van der Waals surface area (Å²) in [5.41, 5.74) is 1.26. The average Bonchev–Trinajstić information content (AvgIpc) is 3.49. The molecule has 0 radical (unpaired) electrons. The molecule has 2 fully saturated rings. The molecule has 2 atom stereocenters. The van der Waals surface area contributed by atoms with Crippen LogP contribution in [0.15, 0.2) is 9.95 Å². The van der Waals surface area contributed by atoms with Crippen LogP contribution in [0.2, 0.25) is 0 Å². The highest BCUT2D eigenvalue weighted by atomic mass is 32.2. The van der Waals surface area contributed by atoms with Gasteiger partial charge in [0.1, 0.15) is 4.83 Å². The molecule has 6 nitrogen and oxygen atoms in total. The van der Waals surface area contributed by atoms with Crippen molar-refractivity contribution in [3.05, 3.63) is 20.8 Å². The molecular weight excluding hydrogens is 430 g/mol. The number of carbonyl (C=O) groups is 1. The monoisotopic (exact) mass is 461 g/mol. The van der Waals surface area contributed by atoms with E-state index in [2.05, 4.69) is 12.2 Å². The number of ether oxygens (including phenoxy) is 1. The smallest absolute Gasteiger partial charge is 0.263 e. The molecule has 1 amide bonds. The molecule has 8 heteroatoms. The van der Waals surface area contributed by atoms with E-state index in [1.54, 1.807) is 15.9 Å². The zero-order chi connectivity index (χ0) is 21.4. The zero-order valence-corrected chi connectivity index (χ0v) is 19.8. The number of fused-ring (bicyclic) bond motifs is 3. The number of hydrogen-bond acceptors (Lipinski definition) is 6. The van der Waals surface area contributed by atoms with E-state index in [0.29, 0.717) is 29.4 Å². The molecule has 1 aliphatic heterocycles. The van der Waals surface area contributed by atoms with E-state index < -0.39 is 0 Å². The maximum absolute atomic E-state index is 13.6. The summed E-state index contributed by atoms with van der Waals surface area (Å²) in [5.74, 6) is 0.985. The van der Waals surface area contributed by atoms with Crippen molar-refractivity contribution in [1.82, 2.24) is 14.9 Å². The summed E-state index contributed by atoms with van der Waals surface area (Å²) in [4.78, 5) is 33.2. The van der Waals surface area contributed by atoms with Crippen molar-refractivity contribution in [3.63, 3.8) is 0 Å². The first-order valence-corrected chi connectivity index (χ1v) is 13.5. The number of nitrogens with zero attached hydrogens (tertiary/aromatic N) is 2. The Labute approximate surface area is 191 Å². The lowest BCUT2D eigenvalue weighted by atomic mass is 9.89. The Balaban J connectivity index is 1.44. The molecule has 1 N–H and O–H groups in total. The second kappa shape index (κ2) is 9.24. The molecule has 3 heterocycles. The van der Waals surface area contributed by atoms with E-state index in [1.807, 2.05) is 0 Å². The Hall–Kier alpha value is -1.38. The number of thiophene rings is 1. The van der Waals surface area contributed by atoms with E-state index in [4.69, 9.17) is 9.72 Å². The summed E-state index contributed by atoms with van der Waals surface area (Å²) in [6, 6.07) is 0.309. The third-order valence-corrected chi connectivity index (χ3v) is 8.97. The van der Waals surface area contributed by atoms with Gasteiger partial charge in [-0.05, 0) is 56.4 Å². The van der Waals surface area contributed by atoms with E-state index in [0.717, 1.165) is 61.8 Å². The minimum atomic E-state index is 0.0363. The van der Waals surface area contributed by atoms with Crippen LogP contribution in [0, 0.1) is 5.92 Å². The van der Waals surface area contributed by atoms with Crippen LogP contribution in [0.5, 0.6) is 0 Å². The van der Waals surface area contributed by atoms with Crippen LogP contribution in [-0.2, 0) is 28.9 Å². The van der Waals surface area contributed by atoms with Gasteiger partial charge in [-0.1, -0.05) is 31.5 Å². The lowest BCUT2D eigenvalue weighted by Crippen LogP contribution is -2.34. The van der Waals surface area contributed by atoms with Gasteiger partial charge in [0.05, 0.1) is 23.8 Å². The number of hydrogen-bond donors (Lipinski definition) is 1. The third-order valence-electron chi connectivity index (χ3n) is 6.84. The van der Waals surface area contributed by atoms with Crippen molar-refractivity contribution >= 4 is 39.2 Å². The van der Waals surface area contributed by atoms with Crippen molar-refractivity contribution in [3.8, 4) is 0 Å². The van der Waals surface area contributed by atoms with E-state index in [1.165, 1.54) is 35.0 Å². The van der Waals surface area contributed by atoms with Crippen LogP contribution in [0.3, 0.4) is 0 Å². The predicted octanol–water partition coefficient (Wildman–Crippen LogP) is 3.91. The van der Waals surface area contributed by atoms with Crippen molar-refractivity contribution < 1.29 is 9.53 Å². The summed E-state index contributed by atoms with van der Waals surface area (Å²) in [6.45, 7) is 3.56. The van der Waals surface area contributed by atoms with Crippen LogP contribution < -0.4 is 10.9 Å². The molecule has 2 aromatic rings. The Morgan fingerprint density at radius 2 is 2.10 bits per heavy atom. The highest BCUT2D eigenvalue weighted by Crippen LogP contribution is 2.36. The summed E-state index contributed by atoms with van der Waals surface area (Å²) < 4.78 is 7.62. The maximum Gasteiger partial charge on any atom is 0.263 e. The van der Waals surface area contributed by atoms with Gasteiger partial charge in [0.25, 0.3) is 5.56 Å². The van der Waals surface area contributed by atoms with Crippen molar-refractivity contribution in [2.75, 3.05) is 12.4 Å². The molecule has 168 valence electrons. The highest BCUT2D eigenvalue weighted by Gasteiger charge is 2.27. The molecule has 2 unspecified atom stereocenters. The van der Waals surface area contributed by atoms with Crippen LogP contribution in [0.4, 0.5) is 0 Å². The fourth-order valence-electron chi connectivity index (χ4n) is 5.14. The fourth-order valence-corrected chi connectivity index (χ4v) is 7.38. The first-order valence-electron chi connectivity index (χ1n) is 11.7. The molecule has 0 aromatic carbocycles. The summed E-state index contributed by atoms with van der Waals surface area (Å²) in [5, 5.41) is 4.60. The van der Waals surface area contributed by atoms with Crippen LogP contribution in [-0.4, -0.2) is 40.0 Å². The van der Waals surface area contributed by atoms with Crippen molar-refractivity contribution in [2.45, 2.75) is 88.6 Å². The largest absolute Gasteiger partial charge is 0.376 e. The summed E-state index contributed by atoms with van der Waals surface area (Å²) in [7, 11) is 0. The molecule has 3 aliphatic rings. The maximum atomic E-state index is 13.6. The number of amides is 1. The fraction of sp³-hybridized carbons (Fsp3) is 0.696. The molecule has 2 aromatic heterocycles. The normalized spacial score (nSPS) is 24.0. The number of thioether (sulfide) groups is 1. The highest BCUT2D eigenvalue weighted by molar-refractivity contribution is 7.99. The van der Waals surface area contributed by atoms with Gasteiger partial charge in [-0.25, -0.2) is 4.98 Å². The Morgan fingerprint density at radius 1 is 1.26 bits per heavy atom. The van der Waals surface area contributed by atoms with Crippen molar-refractivity contribution in [1.29, 1.82) is 0 Å². The van der Waals surface area contributed by atoms with E-state index in [-0.39, 0.29) is 17.6 Å². The molecule has 0 spiro atoms. The Bertz CT molecular complexity index is 1020. The summed E-state index contributed by atoms with van der Waals surface area (Å²) in [6.07, 6.45) is 9.71. The second-order valence-electron chi connectivity index (χ2n) is 9.31. The molecule has 2 aliphatic carbocycles. The van der Waals surface area contributed by atoms with Gasteiger partial charge in [-0.15, -0.1) is 11.3 Å². The first-order chi connectivity index (χ1) is 15.1. The zero-order valence-electron chi connectivity index (χ0n) is 18.2. The Kier molecular flexibility index (Phi) is 6.40.